The number of sulfonamides is 2. The fraction of sp³-hybridized carbons (Fsp3) is 0.296. The van der Waals surface area contributed by atoms with E-state index in [0.717, 1.165) is 4.31 Å². The molecule has 0 atom stereocenters. The molecule has 3 rings (SSSR count). The number of carbonyl (C=O) groups excluding carboxylic acids is 1. The van der Waals surface area contributed by atoms with Crippen LogP contribution in [-0.2, 0) is 24.8 Å². The highest BCUT2D eigenvalue weighted by Gasteiger charge is 2.31. The van der Waals surface area contributed by atoms with Crippen molar-refractivity contribution in [3.05, 3.63) is 59.6 Å². The molecule has 0 unspecified atom stereocenters. The Balaban J connectivity index is 2.09. The summed E-state index contributed by atoms with van der Waals surface area (Å²) in [6.45, 7) is 2.58. The summed E-state index contributed by atoms with van der Waals surface area (Å²) in [5.74, 6) is -0.0809. The lowest BCUT2D eigenvalue weighted by molar-refractivity contribution is -0.114. The highest BCUT2D eigenvalue weighted by molar-refractivity contribution is 7.93. The van der Waals surface area contributed by atoms with Gasteiger partial charge in [0.1, 0.15) is 18.0 Å². The molecule has 3 aromatic rings. The average Bonchev–Trinajstić information content (AvgIpc) is 2.94. The molecular formula is C27H32ClN3O9S2. The average molecular weight is 642 g/mol. The summed E-state index contributed by atoms with van der Waals surface area (Å²) in [7, 11) is -2.90. The highest BCUT2D eigenvalue weighted by Crippen LogP contribution is 2.37. The molecule has 0 aliphatic rings. The maximum Gasteiger partial charge on any atom is 0.265 e. The van der Waals surface area contributed by atoms with Crippen molar-refractivity contribution in [2.24, 2.45) is 0 Å². The third kappa shape index (κ3) is 7.37. The Kier molecular flexibility index (Phi) is 10.5. The van der Waals surface area contributed by atoms with Gasteiger partial charge in [-0.25, -0.2) is 21.6 Å². The van der Waals surface area contributed by atoms with Crippen LogP contribution < -0.4 is 33.3 Å². The van der Waals surface area contributed by atoms with Crippen molar-refractivity contribution in [2.75, 3.05) is 44.6 Å². The van der Waals surface area contributed by atoms with Gasteiger partial charge in [0, 0.05) is 17.1 Å². The summed E-state index contributed by atoms with van der Waals surface area (Å²) >= 11 is 6.21. The Hall–Kier alpha value is -3.72. The molecule has 15 heteroatoms. The van der Waals surface area contributed by atoms with Gasteiger partial charge < -0.3 is 24.3 Å². The number of amides is 1. The number of hydrogen-bond donors (Lipinski definition) is 2. The molecule has 0 saturated heterocycles. The van der Waals surface area contributed by atoms with E-state index in [-0.39, 0.29) is 49.5 Å². The lowest BCUT2D eigenvalue weighted by Crippen LogP contribution is -2.38. The second-order valence-electron chi connectivity index (χ2n) is 9.03. The van der Waals surface area contributed by atoms with Crippen LogP contribution in [0.4, 0.5) is 11.4 Å². The number of benzene rings is 3. The summed E-state index contributed by atoms with van der Waals surface area (Å²) in [5, 5.41) is 2.75. The Bertz CT molecular complexity index is 1660. The number of halogens is 1. The van der Waals surface area contributed by atoms with Crippen molar-refractivity contribution in [3.63, 3.8) is 0 Å². The number of hydrogen-bond acceptors (Lipinski definition) is 9. The van der Waals surface area contributed by atoms with Crippen LogP contribution in [0.5, 0.6) is 23.0 Å². The number of nitrogens with zero attached hydrogens (tertiary/aromatic N) is 1. The largest absolute Gasteiger partial charge is 0.495 e. The molecule has 0 radical (unpaired) electrons. The number of anilines is 2. The molecule has 228 valence electrons. The van der Waals surface area contributed by atoms with Crippen LogP contribution in [0, 0.1) is 0 Å². The first-order valence-corrected chi connectivity index (χ1v) is 15.7. The minimum absolute atomic E-state index is 0.00987. The molecule has 0 heterocycles. The zero-order valence-electron chi connectivity index (χ0n) is 23.8. The Labute approximate surface area is 250 Å². The fourth-order valence-electron chi connectivity index (χ4n) is 3.91. The van der Waals surface area contributed by atoms with E-state index in [1.165, 1.54) is 83.0 Å². The van der Waals surface area contributed by atoms with Crippen LogP contribution in [0.2, 0.25) is 5.02 Å². The van der Waals surface area contributed by atoms with E-state index in [0.29, 0.717) is 5.75 Å². The first-order chi connectivity index (χ1) is 19.8. The SMILES string of the molecule is COc1ccc(S(=O)(=O)NC(C)C)cc1NC(=O)CN(c1cc(Cl)ccc1OC)S(=O)(=O)c1ccc(OC)c(OC)c1. The Morgan fingerprint density at radius 3 is 1.95 bits per heavy atom. The van der Waals surface area contributed by atoms with Crippen LogP contribution in [-0.4, -0.2) is 63.8 Å². The molecule has 0 spiro atoms. The van der Waals surface area contributed by atoms with Crippen LogP contribution in [0.3, 0.4) is 0 Å². The number of rotatable bonds is 13. The van der Waals surface area contributed by atoms with E-state index >= 15 is 0 Å². The Morgan fingerprint density at radius 2 is 1.36 bits per heavy atom. The van der Waals surface area contributed by atoms with Crippen molar-refractivity contribution >= 4 is 48.9 Å². The van der Waals surface area contributed by atoms with Gasteiger partial charge in [-0.3, -0.25) is 9.10 Å². The number of nitrogens with one attached hydrogen (secondary N) is 2. The van der Waals surface area contributed by atoms with Crippen LogP contribution >= 0.6 is 11.6 Å². The van der Waals surface area contributed by atoms with Gasteiger partial charge in [-0.1, -0.05) is 11.6 Å². The number of ether oxygens (including phenoxy) is 4. The second-order valence-corrected chi connectivity index (χ2v) is 13.0. The summed E-state index contributed by atoms with van der Waals surface area (Å²) < 4.78 is 78.0. The van der Waals surface area contributed by atoms with Gasteiger partial charge in [-0.2, -0.15) is 0 Å². The smallest absolute Gasteiger partial charge is 0.265 e. The predicted octanol–water partition coefficient (Wildman–Crippen LogP) is 3.90. The molecule has 1 amide bonds. The molecule has 0 bridgehead atoms. The lowest BCUT2D eigenvalue weighted by Gasteiger charge is -2.26. The Morgan fingerprint density at radius 1 is 0.786 bits per heavy atom. The van der Waals surface area contributed by atoms with Gasteiger partial charge in [-0.15, -0.1) is 0 Å². The summed E-state index contributed by atoms with van der Waals surface area (Å²) in [6, 6.07) is 11.8. The van der Waals surface area contributed by atoms with Gasteiger partial charge in [0.15, 0.2) is 11.5 Å². The van der Waals surface area contributed by atoms with Crippen LogP contribution in [0.25, 0.3) is 0 Å². The van der Waals surface area contributed by atoms with E-state index < -0.39 is 32.5 Å². The monoisotopic (exact) mass is 641 g/mol. The minimum Gasteiger partial charge on any atom is -0.495 e. The van der Waals surface area contributed by atoms with Crippen molar-refractivity contribution in [1.29, 1.82) is 0 Å². The summed E-state index contributed by atoms with van der Waals surface area (Å²) in [6.07, 6.45) is 0. The molecule has 0 fully saturated rings. The maximum absolute atomic E-state index is 14.0. The molecule has 2 N–H and O–H groups in total. The third-order valence-corrected chi connectivity index (χ3v) is 9.43. The second kappa shape index (κ2) is 13.5. The van der Waals surface area contributed by atoms with E-state index in [9.17, 15) is 21.6 Å². The zero-order chi connectivity index (χ0) is 31.2. The minimum atomic E-state index is -4.45. The summed E-state index contributed by atoms with van der Waals surface area (Å²) in [4.78, 5) is 13.1. The molecule has 3 aromatic carbocycles. The van der Waals surface area contributed by atoms with Crippen LogP contribution in [0.1, 0.15) is 13.8 Å². The molecular weight excluding hydrogens is 610 g/mol. The zero-order valence-corrected chi connectivity index (χ0v) is 26.2. The van der Waals surface area contributed by atoms with E-state index in [1.807, 2.05) is 0 Å². The molecule has 12 nitrogen and oxygen atoms in total. The van der Waals surface area contributed by atoms with E-state index in [4.69, 9.17) is 30.5 Å². The highest BCUT2D eigenvalue weighted by atomic mass is 35.5. The van der Waals surface area contributed by atoms with Gasteiger partial charge in [0.25, 0.3) is 10.0 Å². The van der Waals surface area contributed by atoms with Crippen molar-refractivity contribution in [1.82, 2.24) is 4.72 Å². The maximum atomic E-state index is 14.0. The standard InChI is InChI=1S/C27H32ClN3O9S2/c1-17(2)30-41(33,34)19-8-11-23(37-3)21(14-19)29-27(32)16-31(22-13-18(28)7-10-24(22)38-4)42(35,36)20-9-12-25(39-5)26(15-20)40-6/h7-15,17,30H,16H2,1-6H3,(H,29,32). The molecule has 0 aliphatic carbocycles. The number of carbonyl (C=O) groups is 1. The number of methoxy groups -OCH3 is 4. The molecule has 0 saturated carbocycles. The first kappa shape index (κ1) is 32.8. The topological polar surface area (TPSA) is 150 Å². The fourth-order valence-corrected chi connectivity index (χ4v) is 6.79. The van der Waals surface area contributed by atoms with Gasteiger partial charge in [-0.05, 0) is 62.4 Å². The van der Waals surface area contributed by atoms with Crippen molar-refractivity contribution in [2.45, 2.75) is 29.7 Å². The molecule has 0 aromatic heterocycles. The normalized spacial score (nSPS) is 11.6. The molecule has 42 heavy (non-hydrogen) atoms. The van der Waals surface area contributed by atoms with Crippen molar-refractivity contribution in [3.8, 4) is 23.0 Å². The van der Waals surface area contributed by atoms with Gasteiger partial charge in [0.2, 0.25) is 15.9 Å². The van der Waals surface area contributed by atoms with E-state index in [1.54, 1.807) is 13.8 Å². The van der Waals surface area contributed by atoms with Gasteiger partial charge in [0.05, 0.1) is 49.6 Å². The lowest BCUT2D eigenvalue weighted by atomic mass is 10.2. The van der Waals surface area contributed by atoms with E-state index in [2.05, 4.69) is 10.0 Å². The van der Waals surface area contributed by atoms with Gasteiger partial charge >= 0.3 is 0 Å². The predicted molar refractivity (Wildman–Crippen MR) is 159 cm³/mol. The quantitative estimate of drug-likeness (QED) is 0.283. The third-order valence-electron chi connectivity index (χ3n) is 5.79. The van der Waals surface area contributed by atoms with Crippen molar-refractivity contribution < 1.29 is 40.6 Å². The molecule has 0 aliphatic heterocycles. The van der Waals surface area contributed by atoms with Crippen LogP contribution in [0.15, 0.2) is 64.4 Å². The summed E-state index contributed by atoms with van der Waals surface area (Å²) in [5.41, 5.74) is -0.00461. The first-order valence-electron chi connectivity index (χ1n) is 12.4.